The van der Waals surface area contributed by atoms with E-state index in [0.29, 0.717) is 0 Å². The van der Waals surface area contributed by atoms with Crippen molar-refractivity contribution in [1.29, 1.82) is 0 Å². The van der Waals surface area contributed by atoms with E-state index in [-0.39, 0.29) is 0 Å². The summed E-state index contributed by atoms with van der Waals surface area (Å²) >= 11 is 0. The van der Waals surface area contributed by atoms with Crippen molar-refractivity contribution in [1.82, 2.24) is 29.4 Å². The largest absolute Gasteiger partial charge is 0.457 e. The molecule has 0 saturated carbocycles. The standard InChI is InChI=1S/C28H46N8O10/c1-18(39)43-25-23(41)21(5-38)46-26(24(25)42)45-19(2-29-27-6-31-12-32(7-27)14-33(8-27)13-31)20(4-37)44-22(40)3-30-28-9-34-15-35(10-28)17-36(11-28)16-34/h2-3,19-26,37-38,40-42H,4-17H2,1H3/t19-,20+,21+,22+,23+,24+,25-,26+/m1/s1. The van der Waals surface area contributed by atoms with Crippen LogP contribution in [0.3, 0.4) is 0 Å². The van der Waals surface area contributed by atoms with E-state index in [1.165, 1.54) is 12.4 Å². The Hall–Kier alpha value is -1.75. The van der Waals surface area contributed by atoms with Gasteiger partial charge in [-0.15, -0.1) is 0 Å². The first-order chi connectivity index (χ1) is 22.0. The maximum Gasteiger partial charge on any atom is 0.303 e. The molecule has 0 radical (unpaired) electrons. The van der Waals surface area contributed by atoms with Crippen molar-refractivity contribution in [3.63, 3.8) is 0 Å². The predicted octanol–water partition coefficient (Wildman–Crippen LogP) is -5.30. The molecule has 0 amide bonds. The van der Waals surface area contributed by atoms with Gasteiger partial charge in [-0.3, -0.25) is 44.2 Å². The Morgan fingerprint density at radius 2 is 1.33 bits per heavy atom. The van der Waals surface area contributed by atoms with Gasteiger partial charge in [0.1, 0.15) is 30.5 Å². The van der Waals surface area contributed by atoms with Gasteiger partial charge in [-0.1, -0.05) is 0 Å². The van der Waals surface area contributed by atoms with E-state index in [1.807, 2.05) is 0 Å². The highest BCUT2D eigenvalue weighted by Gasteiger charge is 2.51. The number of aliphatic hydroxyl groups excluding tert-OH is 5. The van der Waals surface area contributed by atoms with Crippen molar-refractivity contribution >= 4 is 18.4 Å². The number of ether oxygens (including phenoxy) is 4. The Morgan fingerprint density at radius 1 is 0.848 bits per heavy atom. The van der Waals surface area contributed by atoms with E-state index >= 15 is 0 Å². The van der Waals surface area contributed by atoms with E-state index < -0.39 is 79.5 Å². The summed E-state index contributed by atoms with van der Waals surface area (Å²) < 4.78 is 22.9. The molecule has 5 N–H and O–H groups in total. The van der Waals surface area contributed by atoms with Gasteiger partial charge < -0.3 is 44.5 Å². The number of nitrogens with zero attached hydrogens (tertiary/aromatic N) is 8. The third kappa shape index (κ3) is 6.61. The molecule has 18 heteroatoms. The molecule has 9 aliphatic rings. The fourth-order valence-corrected chi connectivity index (χ4v) is 8.37. The zero-order valence-electron chi connectivity index (χ0n) is 26.0. The molecule has 18 nitrogen and oxygen atoms in total. The Labute approximate surface area is 266 Å². The quantitative estimate of drug-likeness (QED) is 0.0759. The monoisotopic (exact) mass is 654 g/mol. The highest BCUT2D eigenvalue weighted by Crippen LogP contribution is 2.33. The average Bonchev–Trinajstić information content (AvgIpc) is 2.99. The lowest BCUT2D eigenvalue weighted by Crippen LogP contribution is -2.75. The maximum atomic E-state index is 11.8. The van der Waals surface area contributed by atoms with Crippen LogP contribution in [-0.2, 0) is 23.7 Å². The first-order valence-corrected chi connectivity index (χ1v) is 15.9. The number of rotatable bonds is 12. The van der Waals surface area contributed by atoms with Crippen LogP contribution in [-0.4, -0.2) is 226 Å². The van der Waals surface area contributed by atoms with Crippen LogP contribution in [0.15, 0.2) is 9.98 Å². The van der Waals surface area contributed by atoms with Gasteiger partial charge in [0.15, 0.2) is 18.7 Å². The number of hydrogen-bond donors (Lipinski definition) is 5. The van der Waals surface area contributed by atoms with Crippen LogP contribution in [0.2, 0.25) is 0 Å². The fraction of sp³-hybridized carbons (Fsp3) is 0.893. The van der Waals surface area contributed by atoms with E-state index in [1.54, 1.807) is 0 Å². The topological polar surface area (TPSA) is 199 Å². The third-order valence-corrected chi connectivity index (χ3v) is 9.75. The van der Waals surface area contributed by atoms with Crippen LogP contribution >= 0.6 is 0 Å². The predicted molar refractivity (Wildman–Crippen MR) is 158 cm³/mol. The van der Waals surface area contributed by atoms with Crippen molar-refractivity contribution in [2.24, 2.45) is 9.98 Å². The first kappa shape index (κ1) is 32.8. The SMILES string of the molecule is CC(=O)O[C@H]1[C@H](O)[C@@H](O[C@H](C=NC23CN4CN(CN(C4)C2)C3)[C@H](CO)O[C@H](O)C=NC23CN4CN(CN(C4)C2)C3)O[C@@H](CO)[C@@H]1O. The summed E-state index contributed by atoms with van der Waals surface area (Å²) in [6.07, 6.45) is -8.36. The highest BCUT2D eigenvalue weighted by atomic mass is 16.7. The summed E-state index contributed by atoms with van der Waals surface area (Å²) in [4.78, 5) is 35.3. The molecule has 9 heterocycles. The molecule has 9 saturated heterocycles. The van der Waals surface area contributed by atoms with Gasteiger partial charge in [-0.2, -0.15) is 0 Å². The van der Waals surface area contributed by atoms with Crippen LogP contribution < -0.4 is 0 Å². The lowest BCUT2D eigenvalue weighted by molar-refractivity contribution is -0.315. The van der Waals surface area contributed by atoms with Crippen LogP contribution in [0.5, 0.6) is 0 Å². The van der Waals surface area contributed by atoms with Crippen LogP contribution in [0.4, 0.5) is 0 Å². The number of aliphatic hydroxyl groups is 5. The number of hydrogen-bond acceptors (Lipinski definition) is 18. The summed E-state index contributed by atoms with van der Waals surface area (Å²) in [7, 11) is 0. The molecule has 0 unspecified atom stereocenters. The minimum absolute atomic E-state index is 0.393. The molecule has 9 aliphatic heterocycles. The summed E-state index contributed by atoms with van der Waals surface area (Å²) in [6.45, 7) is 9.68. The van der Waals surface area contributed by atoms with Crippen molar-refractivity contribution < 1.29 is 49.3 Å². The number of esters is 1. The Kier molecular flexibility index (Phi) is 9.22. The molecular formula is C28H46N8O10. The molecule has 8 bridgehead atoms. The van der Waals surface area contributed by atoms with Crippen LogP contribution in [0, 0.1) is 0 Å². The molecule has 46 heavy (non-hydrogen) atoms. The lowest BCUT2D eigenvalue weighted by Gasteiger charge is -2.59. The van der Waals surface area contributed by atoms with Crippen molar-refractivity contribution in [2.75, 3.05) is 92.5 Å². The van der Waals surface area contributed by atoms with Gasteiger partial charge in [-0.05, 0) is 0 Å². The van der Waals surface area contributed by atoms with E-state index in [0.717, 1.165) is 86.2 Å². The molecule has 0 aromatic carbocycles. The van der Waals surface area contributed by atoms with Crippen LogP contribution in [0.25, 0.3) is 0 Å². The molecule has 9 rings (SSSR count). The Bertz CT molecular complexity index is 1110. The molecular weight excluding hydrogens is 608 g/mol. The van der Waals surface area contributed by atoms with Crippen molar-refractivity contribution in [2.45, 2.75) is 67.2 Å². The second-order valence-corrected chi connectivity index (χ2v) is 14.0. The van der Waals surface area contributed by atoms with E-state index in [2.05, 4.69) is 29.4 Å². The average molecular weight is 655 g/mol. The number of carbonyl (C=O) groups excluding carboxylic acids is 1. The molecule has 9 fully saturated rings. The minimum atomic E-state index is -1.65. The Morgan fingerprint density at radius 3 is 1.76 bits per heavy atom. The van der Waals surface area contributed by atoms with E-state index in [9.17, 15) is 30.3 Å². The summed E-state index contributed by atoms with van der Waals surface area (Å²) in [5.41, 5.74) is -0.860. The number of carbonyl (C=O) groups is 1. The zero-order chi connectivity index (χ0) is 32.2. The molecule has 8 atom stereocenters. The van der Waals surface area contributed by atoms with Crippen LogP contribution in [0.1, 0.15) is 6.92 Å². The number of aliphatic imine (C=N–C) groups is 2. The molecule has 0 aliphatic carbocycles. The summed E-state index contributed by atoms with van der Waals surface area (Å²) in [5, 5.41) is 52.9. The van der Waals surface area contributed by atoms with Crippen molar-refractivity contribution in [3.8, 4) is 0 Å². The summed E-state index contributed by atoms with van der Waals surface area (Å²) in [6, 6.07) is 0. The second kappa shape index (κ2) is 12.9. The fourth-order valence-electron chi connectivity index (χ4n) is 8.37. The van der Waals surface area contributed by atoms with Gasteiger partial charge in [-0.25, -0.2) is 0 Å². The second-order valence-electron chi connectivity index (χ2n) is 14.0. The first-order valence-electron chi connectivity index (χ1n) is 15.9. The van der Waals surface area contributed by atoms with Gasteiger partial charge in [0.25, 0.3) is 0 Å². The maximum absolute atomic E-state index is 11.8. The summed E-state index contributed by atoms with van der Waals surface area (Å²) in [5.74, 6) is -0.747. The van der Waals surface area contributed by atoms with Gasteiger partial charge in [0.05, 0.1) is 70.5 Å². The lowest BCUT2D eigenvalue weighted by atomic mass is 9.91. The zero-order valence-corrected chi connectivity index (χ0v) is 26.0. The van der Waals surface area contributed by atoms with Crippen molar-refractivity contribution in [3.05, 3.63) is 0 Å². The third-order valence-electron chi connectivity index (χ3n) is 9.75. The molecule has 0 aromatic rings. The normalized spacial score (nSPS) is 47.9. The van der Waals surface area contributed by atoms with Gasteiger partial charge in [0, 0.05) is 52.4 Å². The highest BCUT2D eigenvalue weighted by molar-refractivity contribution is 5.66. The molecule has 0 aromatic heterocycles. The minimum Gasteiger partial charge on any atom is -0.457 e. The smallest absolute Gasteiger partial charge is 0.303 e. The molecule has 258 valence electrons. The Balaban J connectivity index is 1.10. The van der Waals surface area contributed by atoms with E-state index in [4.69, 9.17) is 28.9 Å². The molecule has 0 spiro atoms. The van der Waals surface area contributed by atoms with Gasteiger partial charge >= 0.3 is 5.97 Å². The van der Waals surface area contributed by atoms with Gasteiger partial charge in [0.2, 0.25) is 0 Å².